The van der Waals surface area contributed by atoms with Crippen molar-refractivity contribution in [3.8, 4) is 0 Å². The molecule has 1 saturated heterocycles. The molecule has 88 valence electrons. The Morgan fingerprint density at radius 1 is 1.38 bits per heavy atom. The molecule has 0 aliphatic carbocycles. The quantitative estimate of drug-likeness (QED) is 0.904. The Hall–Kier alpha value is -0.380. The minimum absolute atomic E-state index is 0.408. The lowest BCUT2D eigenvalue weighted by molar-refractivity contribution is 0.163. The number of benzene rings is 1. The molecule has 3 heteroatoms. The molecule has 1 aliphatic heterocycles. The Morgan fingerprint density at radius 2 is 2.06 bits per heavy atom. The van der Waals surface area contributed by atoms with E-state index in [0.29, 0.717) is 12.1 Å². The fourth-order valence-corrected chi connectivity index (χ4v) is 2.70. The number of halogens is 1. The van der Waals surface area contributed by atoms with Gasteiger partial charge in [-0.25, -0.2) is 0 Å². The Kier molecular flexibility index (Phi) is 4.00. The fourth-order valence-electron chi connectivity index (χ4n) is 2.28. The van der Waals surface area contributed by atoms with Crippen molar-refractivity contribution in [3.05, 3.63) is 34.3 Å². The largest absolute Gasteiger partial charge is 0.328 e. The summed E-state index contributed by atoms with van der Waals surface area (Å²) in [7, 11) is 0. The summed E-state index contributed by atoms with van der Waals surface area (Å²) >= 11 is 3.53. The molecule has 1 unspecified atom stereocenters. The minimum Gasteiger partial charge on any atom is -0.328 e. The zero-order valence-corrected chi connectivity index (χ0v) is 11.3. The van der Waals surface area contributed by atoms with Crippen molar-refractivity contribution in [2.75, 3.05) is 13.1 Å². The Labute approximate surface area is 106 Å². The van der Waals surface area contributed by atoms with E-state index in [1.165, 1.54) is 5.56 Å². The van der Waals surface area contributed by atoms with Crippen molar-refractivity contribution in [3.63, 3.8) is 0 Å². The smallest absolute Gasteiger partial charge is 0.0320 e. The number of hydrogen-bond acceptors (Lipinski definition) is 2. The lowest BCUT2D eigenvalue weighted by Crippen LogP contribution is -2.40. The van der Waals surface area contributed by atoms with Crippen LogP contribution >= 0.6 is 15.9 Å². The Morgan fingerprint density at radius 3 is 2.69 bits per heavy atom. The van der Waals surface area contributed by atoms with Crippen molar-refractivity contribution in [1.82, 2.24) is 4.90 Å². The van der Waals surface area contributed by atoms with Gasteiger partial charge in [-0.15, -0.1) is 0 Å². The molecule has 1 heterocycles. The van der Waals surface area contributed by atoms with E-state index in [1.54, 1.807) is 0 Å². The standard InChI is InChI=1S/C13H19BrN2/c1-10(11-3-2-4-12(14)9-11)16-7-5-13(15)6-8-16/h2-4,9-10,13H,5-8,15H2,1H3. The van der Waals surface area contributed by atoms with Gasteiger partial charge in [0.25, 0.3) is 0 Å². The van der Waals surface area contributed by atoms with E-state index in [0.717, 1.165) is 30.4 Å². The average molecular weight is 283 g/mol. The molecule has 0 bridgehead atoms. The van der Waals surface area contributed by atoms with Crippen LogP contribution in [0.3, 0.4) is 0 Å². The third kappa shape index (κ3) is 2.84. The van der Waals surface area contributed by atoms with Crippen molar-refractivity contribution in [2.45, 2.75) is 31.8 Å². The molecule has 0 amide bonds. The summed E-state index contributed by atoms with van der Waals surface area (Å²) in [6, 6.07) is 9.48. The van der Waals surface area contributed by atoms with Gasteiger partial charge in [0.15, 0.2) is 0 Å². The first-order valence-corrected chi connectivity index (χ1v) is 6.71. The maximum atomic E-state index is 5.93. The van der Waals surface area contributed by atoms with Crippen LogP contribution in [0.4, 0.5) is 0 Å². The zero-order valence-electron chi connectivity index (χ0n) is 9.70. The van der Waals surface area contributed by atoms with Crippen LogP contribution in [0.15, 0.2) is 28.7 Å². The van der Waals surface area contributed by atoms with E-state index in [9.17, 15) is 0 Å². The molecule has 1 fully saturated rings. The fraction of sp³-hybridized carbons (Fsp3) is 0.538. The first-order chi connectivity index (χ1) is 7.66. The highest BCUT2D eigenvalue weighted by atomic mass is 79.9. The summed E-state index contributed by atoms with van der Waals surface area (Å²) in [6.07, 6.45) is 2.25. The highest BCUT2D eigenvalue weighted by Gasteiger charge is 2.21. The van der Waals surface area contributed by atoms with Gasteiger partial charge in [0.2, 0.25) is 0 Å². The van der Waals surface area contributed by atoms with E-state index in [4.69, 9.17) is 5.73 Å². The van der Waals surface area contributed by atoms with Gasteiger partial charge in [0.05, 0.1) is 0 Å². The topological polar surface area (TPSA) is 29.3 Å². The molecule has 1 aliphatic rings. The van der Waals surface area contributed by atoms with Gasteiger partial charge >= 0.3 is 0 Å². The molecule has 2 N–H and O–H groups in total. The number of rotatable bonds is 2. The molecule has 2 nitrogen and oxygen atoms in total. The maximum Gasteiger partial charge on any atom is 0.0320 e. The third-order valence-corrected chi connectivity index (χ3v) is 3.95. The molecule has 1 atom stereocenters. The lowest BCUT2D eigenvalue weighted by Gasteiger charge is -2.35. The van der Waals surface area contributed by atoms with Gasteiger partial charge in [-0.1, -0.05) is 28.1 Å². The van der Waals surface area contributed by atoms with Crippen LogP contribution in [0.5, 0.6) is 0 Å². The summed E-state index contributed by atoms with van der Waals surface area (Å²) in [4.78, 5) is 2.52. The number of nitrogens with zero attached hydrogens (tertiary/aromatic N) is 1. The van der Waals surface area contributed by atoms with Crippen LogP contribution in [-0.2, 0) is 0 Å². The predicted molar refractivity (Wildman–Crippen MR) is 71.3 cm³/mol. The molecule has 2 rings (SSSR count). The molecule has 0 radical (unpaired) electrons. The van der Waals surface area contributed by atoms with Crippen molar-refractivity contribution in [2.24, 2.45) is 5.73 Å². The molecular formula is C13H19BrN2. The second kappa shape index (κ2) is 5.30. The van der Waals surface area contributed by atoms with Crippen molar-refractivity contribution < 1.29 is 0 Å². The van der Waals surface area contributed by atoms with E-state index in [1.807, 2.05) is 0 Å². The SMILES string of the molecule is CC(c1cccc(Br)c1)N1CCC(N)CC1. The van der Waals surface area contributed by atoms with Crippen LogP contribution in [0.1, 0.15) is 31.4 Å². The molecule has 0 saturated carbocycles. The molecular weight excluding hydrogens is 264 g/mol. The predicted octanol–water partition coefficient (Wildman–Crippen LogP) is 2.93. The molecule has 16 heavy (non-hydrogen) atoms. The first kappa shape index (κ1) is 12.1. The lowest BCUT2D eigenvalue weighted by atomic mass is 10.0. The monoisotopic (exact) mass is 282 g/mol. The van der Waals surface area contributed by atoms with Gasteiger partial charge in [-0.2, -0.15) is 0 Å². The summed E-state index contributed by atoms with van der Waals surface area (Å²) in [5, 5.41) is 0. The summed E-state index contributed by atoms with van der Waals surface area (Å²) in [5.74, 6) is 0. The molecule has 1 aromatic carbocycles. The summed E-state index contributed by atoms with van der Waals surface area (Å²) < 4.78 is 1.16. The van der Waals surface area contributed by atoms with Crippen LogP contribution in [0, 0.1) is 0 Å². The van der Waals surface area contributed by atoms with E-state index < -0.39 is 0 Å². The Bertz CT molecular complexity index is 346. The zero-order chi connectivity index (χ0) is 11.5. The average Bonchev–Trinajstić information content (AvgIpc) is 2.29. The van der Waals surface area contributed by atoms with Crippen LogP contribution in [0.2, 0.25) is 0 Å². The Balaban J connectivity index is 2.04. The van der Waals surface area contributed by atoms with Crippen LogP contribution in [-0.4, -0.2) is 24.0 Å². The minimum atomic E-state index is 0.408. The highest BCUT2D eigenvalue weighted by Crippen LogP contribution is 2.25. The van der Waals surface area contributed by atoms with Crippen molar-refractivity contribution >= 4 is 15.9 Å². The highest BCUT2D eigenvalue weighted by molar-refractivity contribution is 9.10. The first-order valence-electron chi connectivity index (χ1n) is 5.92. The number of piperidine rings is 1. The summed E-state index contributed by atoms with van der Waals surface area (Å²) in [5.41, 5.74) is 7.31. The van der Waals surface area contributed by atoms with E-state index >= 15 is 0 Å². The van der Waals surface area contributed by atoms with Gasteiger partial charge in [-0.3, -0.25) is 4.90 Å². The molecule has 0 aromatic heterocycles. The molecule has 0 spiro atoms. The number of hydrogen-bond donors (Lipinski definition) is 1. The maximum absolute atomic E-state index is 5.93. The second-order valence-electron chi connectivity index (χ2n) is 4.60. The normalized spacial score (nSPS) is 20.9. The number of nitrogens with two attached hydrogens (primary N) is 1. The third-order valence-electron chi connectivity index (χ3n) is 3.45. The van der Waals surface area contributed by atoms with E-state index in [-0.39, 0.29) is 0 Å². The second-order valence-corrected chi connectivity index (χ2v) is 5.52. The summed E-state index contributed by atoms with van der Waals surface area (Å²) in [6.45, 7) is 4.52. The van der Waals surface area contributed by atoms with Crippen molar-refractivity contribution in [1.29, 1.82) is 0 Å². The van der Waals surface area contributed by atoms with Gasteiger partial charge in [0, 0.05) is 29.6 Å². The van der Waals surface area contributed by atoms with Crippen LogP contribution in [0.25, 0.3) is 0 Å². The van der Waals surface area contributed by atoms with Gasteiger partial charge in [-0.05, 0) is 37.5 Å². The van der Waals surface area contributed by atoms with Gasteiger partial charge in [0.1, 0.15) is 0 Å². The molecule has 1 aromatic rings. The number of likely N-dealkylation sites (tertiary alicyclic amines) is 1. The van der Waals surface area contributed by atoms with Crippen LogP contribution < -0.4 is 5.73 Å². The van der Waals surface area contributed by atoms with Gasteiger partial charge < -0.3 is 5.73 Å². The van der Waals surface area contributed by atoms with E-state index in [2.05, 4.69) is 52.0 Å².